The lowest BCUT2D eigenvalue weighted by atomic mass is 10.4. The summed E-state index contributed by atoms with van der Waals surface area (Å²) in [5.74, 6) is 0. The summed E-state index contributed by atoms with van der Waals surface area (Å²) in [4.78, 5) is 2.19. The topological polar surface area (TPSA) is 21.1 Å². The Kier molecular flexibility index (Phi) is 4.00. The van der Waals surface area contributed by atoms with Gasteiger partial charge in [-0.15, -0.1) is 0 Å². The van der Waals surface area contributed by atoms with Crippen LogP contribution in [0, 0.1) is 3.57 Å². The summed E-state index contributed by atoms with van der Waals surface area (Å²) in [6.45, 7) is 2.14. The summed E-state index contributed by atoms with van der Waals surface area (Å²) in [6.07, 6.45) is 5.11. The summed E-state index contributed by atoms with van der Waals surface area (Å²) in [7, 11) is 4.18. The summed E-state index contributed by atoms with van der Waals surface area (Å²) in [6, 6.07) is 0. The quantitative estimate of drug-likeness (QED) is 0.778. The highest BCUT2D eigenvalue weighted by Crippen LogP contribution is 2.01. The van der Waals surface area contributed by atoms with Crippen molar-refractivity contribution >= 4 is 22.6 Å². The molecule has 0 atom stereocenters. The average molecular weight is 279 g/mol. The lowest BCUT2D eigenvalue weighted by Crippen LogP contribution is -2.15. The first-order chi connectivity index (χ1) is 5.68. The molecule has 0 aliphatic heterocycles. The largest absolute Gasteiger partial charge is 0.309 e. The first-order valence-corrected chi connectivity index (χ1v) is 5.09. The lowest BCUT2D eigenvalue weighted by Gasteiger charge is -2.08. The minimum absolute atomic E-state index is 1.02. The van der Waals surface area contributed by atoms with Crippen molar-refractivity contribution in [2.24, 2.45) is 0 Å². The number of aryl methyl sites for hydroxylation is 1. The zero-order chi connectivity index (χ0) is 8.97. The fraction of sp³-hybridized carbons (Fsp3) is 0.625. The predicted molar refractivity (Wildman–Crippen MR) is 58.1 cm³/mol. The second-order valence-electron chi connectivity index (χ2n) is 3.08. The lowest BCUT2D eigenvalue weighted by molar-refractivity contribution is 0.380. The van der Waals surface area contributed by atoms with Gasteiger partial charge >= 0.3 is 0 Å². The van der Waals surface area contributed by atoms with Crippen LogP contribution in [0.15, 0.2) is 12.4 Å². The van der Waals surface area contributed by atoms with E-state index in [0.717, 1.165) is 19.5 Å². The van der Waals surface area contributed by atoms with Crippen LogP contribution in [0.25, 0.3) is 0 Å². The maximum absolute atomic E-state index is 4.20. The van der Waals surface area contributed by atoms with Crippen LogP contribution in [0.5, 0.6) is 0 Å². The minimum Gasteiger partial charge on any atom is -0.309 e. The standard InChI is InChI=1S/C8H14IN3/c1-11(2)4-3-5-12-7-8(9)6-10-12/h6-7H,3-5H2,1-2H3. The van der Waals surface area contributed by atoms with E-state index in [0.29, 0.717) is 0 Å². The predicted octanol–water partition coefficient (Wildman–Crippen LogP) is 1.44. The van der Waals surface area contributed by atoms with Crippen molar-refractivity contribution in [3.8, 4) is 0 Å². The summed E-state index contributed by atoms with van der Waals surface area (Å²) < 4.78 is 3.20. The Morgan fingerprint density at radius 1 is 1.58 bits per heavy atom. The van der Waals surface area contributed by atoms with E-state index in [4.69, 9.17) is 0 Å². The third-order valence-corrected chi connectivity index (χ3v) is 2.15. The van der Waals surface area contributed by atoms with Crippen molar-refractivity contribution in [2.45, 2.75) is 13.0 Å². The van der Waals surface area contributed by atoms with E-state index >= 15 is 0 Å². The van der Waals surface area contributed by atoms with E-state index in [1.54, 1.807) is 0 Å². The molecule has 0 radical (unpaired) electrons. The fourth-order valence-corrected chi connectivity index (χ4v) is 1.46. The van der Waals surface area contributed by atoms with Gasteiger partial charge in [0.05, 0.1) is 9.77 Å². The van der Waals surface area contributed by atoms with Gasteiger partial charge in [-0.2, -0.15) is 5.10 Å². The van der Waals surface area contributed by atoms with Gasteiger partial charge in [0.2, 0.25) is 0 Å². The van der Waals surface area contributed by atoms with Gasteiger partial charge in [0.25, 0.3) is 0 Å². The van der Waals surface area contributed by atoms with Crippen LogP contribution in [0.4, 0.5) is 0 Å². The molecule has 0 N–H and O–H groups in total. The van der Waals surface area contributed by atoms with Gasteiger partial charge in [0, 0.05) is 12.7 Å². The molecule has 1 heterocycles. The second kappa shape index (κ2) is 4.81. The summed E-state index contributed by atoms with van der Waals surface area (Å²) in [5, 5.41) is 4.20. The molecule has 1 aromatic rings. The third-order valence-electron chi connectivity index (χ3n) is 1.59. The Hall–Kier alpha value is -0.100. The molecule has 0 bridgehead atoms. The van der Waals surface area contributed by atoms with Gasteiger partial charge in [-0.3, -0.25) is 4.68 Å². The van der Waals surface area contributed by atoms with Crippen LogP contribution in [0.1, 0.15) is 6.42 Å². The van der Waals surface area contributed by atoms with Crippen molar-refractivity contribution in [3.05, 3.63) is 16.0 Å². The highest BCUT2D eigenvalue weighted by molar-refractivity contribution is 14.1. The van der Waals surface area contributed by atoms with Crippen LogP contribution in [-0.2, 0) is 6.54 Å². The van der Waals surface area contributed by atoms with E-state index in [1.807, 2.05) is 10.9 Å². The van der Waals surface area contributed by atoms with Gasteiger partial charge in [0.15, 0.2) is 0 Å². The van der Waals surface area contributed by atoms with Gasteiger partial charge in [-0.25, -0.2) is 0 Å². The molecule has 0 unspecified atom stereocenters. The molecule has 12 heavy (non-hydrogen) atoms. The van der Waals surface area contributed by atoms with Crippen LogP contribution in [-0.4, -0.2) is 35.3 Å². The Morgan fingerprint density at radius 3 is 2.83 bits per heavy atom. The Morgan fingerprint density at radius 2 is 2.33 bits per heavy atom. The molecule has 4 heteroatoms. The maximum atomic E-state index is 4.20. The van der Waals surface area contributed by atoms with E-state index in [1.165, 1.54) is 3.57 Å². The highest BCUT2D eigenvalue weighted by atomic mass is 127. The number of nitrogens with zero attached hydrogens (tertiary/aromatic N) is 3. The first kappa shape index (κ1) is 9.98. The van der Waals surface area contributed by atoms with Crippen LogP contribution < -0.4 is 0 Å². The number of halogens is 1. The maximum Gasteiger partial charge on any atom is 0.0623 e. The average Bonchev–Trinajstić information content (AvgIpc) is 2.35. The number of aromatic nitrogens is 2. The normalized spacial score (nSPS) is 11.0. The van der Waals surface area contributed by atoms with E-state index in [-0.39, 0.29) is 0 Å². The Balaban J connectivity index is 2.24. The van der Waals surface area contributed by atoms with E-state index in [9.17, 15) is 0 Å². The highest BCUT2D eigenvalue weighted by Gasteiger charge is 1.95. The molecule has 0 saturated carbocycles. The van der Waals surface area contributed by atoms with Crippen LogP contribution in [0.2, 0.25) is 0 Å². The Bertz CT molecular complexity index is 232. The monoisotopic (exact) mass is 279 g/mol. The third kappa shape index (κ3) is 3.53. The molecule has 0 fully saturated rings. The molecular weight excluding hydrogens is 265 g/mol. The van der Waals surface area contributed by atoms with Crippen LogP contribution >= 0.6 is 22.6 Å². The van der Waals surface area contributed by atoms with E-state index < -0.39 is 0 Å². The summed E-state index contributed by atoms with van der Waals surface area (Å²) in [5.41, 5.74) is 0. The Labute approximate surface area is 86.9 Å². The number of hydrogen-bond donors (Lipinski definition) is 0. The van der Waals surface area contributed by atoms with Crippen LogP contribution in [0.3, 0.4) is 0 Å². The van der Waals surface area contributed by atoms with Gasteiger partial charge in [0.1, 0.15) is 0 Å². The number of rotatable bonds is 4. The van der Waals surface area contributed by atoms with Crippen molar-refractivity contribution < 1.29 is 0 Å². The molecule has 0 aromatic carbocycles. The molecule has 0 amide bonds. The molecular formula is C8H14IN3. The summed E-state index contributed by atoms with van der Waals surface area (Å²) >= 11 is 2.27. The molecule has 68 valence electrons. The molecule has 0 spiro atoms. The fourth-order valence-electron chi connectivity index (χ4n) is 1.01. The molecule has 0 aliphatic carbocycles. The van der Waals surface area contributed by atoms with Crippen molar-refractivity contribution in [2.75, 3.05) is 20.6 Å². The zero-order valence-electron chi connectivity index (χ0n) is 7.50. The molecule has 1 rings (SSSR count). The zero-order valence-corrected chi connectivity index (χ0v) is 9.65. The second-order valence-corrected chi connectivity index (χ2v) is 4.32. The SMILES string of the molecule is CN(C)CCCn1cc(I)cn1. The van der Waals surface area contributed by atoms with Gasteiger partial charge in [-0.05, 0) is 49.7 Å². The minimum atomic E-state index is 1.02. The van der Waals surface area contributed by atoms with Gasteiger partial charge in [-0.1, -0.05) is 0 Å². The smallest absolute Gasteiger partial charge is 0.0623 e. The molecule has 0 aliphatic rings. The van der Waals surface area contributed by atoms with Crippen molar-refractivity contribution in [1.82, 2.24) is 14.7 Å². The van der Waals surface area contributed by atoms with Crippen molar-refractivity contribution in [3.63, 3.8) is 0 Å². The molecule has 1 aromatic heterocycles. The molecule has 0 saturated heterocycles. The molecule has 3 nitrogen and oxygen atoms in total. The van der Waals surface area contributed by atoms with Crippen molar-refractivity contribution in [1.29, 1.82) is 0 Å². The number of hydrogen-bond acceptors (Lipinski definition) is 2. The van der Waals surface area contributed by atoms with E-state index in [2.05, 4.69) is 52.9 Å². The first-order valence-electron chi connectivity index (χ1n) is 4.01. The van der Waals surface area contributed by atoms with Gasteiger partial charge < -0.3 is 4.90 Å².